The van der Waals surface area contributed by atoms with Crippen LogP contribution in [0.4, 0.5) is 5.95 Å². The summed E-state index contributed by atoms with van der Waals surface area (Å²) in [6, 6.07) is 0.307. The van der Waals surface area contributed by atoms with Crippen molar-refractivity contribution in [2.45, 2.75) is 45.6 Å². The van der Waals surface area contributed by atoms with Crippen molar-refractivity contribution in [3.63, 3.8) is 0 Å². The van der Waals surface area contributed by atoms with Gasteiger partial charge in [-0.15, -0.1) is 0 Å². The lowest BCUT2D eigenvalue weighted by Crippen LogP contribution is -2.17. The van der Waals surface area contributed by atoms with Crippen molar-refractivity contribution in [2.75, 3.05) is 5.32 Å². The summed E-state index contributed by atoms with van der Waals surface area (Å²) < 4.78 is 0. The van der Waals surface area contributed by atoms with Crippen LogP contribution < -0.4 is 5.32 Å². The lowest BCUT2D eigenvalue weighted by atomic mass is 10.1. The second kappa shape index (κ2) is 6.86. The highest BCUT2D eigenvalue weighted by Gasteiger charge is 2.06. The van der Waals surface area contributed by atoms with Crippen LogP contribution in [0.2, 0.25) is 10.6 Å². The number of nitrogens with zero attached hydrogens (tertiary/aromatic N) is 3. The molecular weight excluding hydrogens is 247 g/mol. The van der Waals surface area contributed by atoms with Gasteiger partial charge in [-0.2, -0.15) is 15.0 Å². The van der Waals surface area contributed by atoms with E-state index in [0.29, 0.717) is 12.0 Å². The Morgan fingerprint density at radius 1 is 1.12 bits per heavy atom. The molecule has 1 atom stereocenters. The summed E-state index contributed by atoms with van der Waals surface area (Å²) in [6.45, 7) is 4.27. The zero-order valence-electron chi connectivity index (χ0n) is 9.50. The third-order valence-corrected chi connectivity index (χ3v) is 2.54. The first kappa shape index (κ1) is 13.5. The molecule has 0 amide bonds. The number of nitrogens with one attached hydrogen (secondary N) is 1. The van der Waals surface area contributed by atoms with E-state index in [1.54, 1.807) is 0 Å². The van der Waals surface area contributed by atoms with Gasteiger partial charge in [-0.1, -0.05) is 26.2 Å². The molecule has 0 aromatic carbocycles. The molecule has 6 heteroatoms. The number of hydrogen-bond donors (Lipinski definition) is 1. The van der Waals surface area contributed by atoms with E-state index in [1.807, 2.05) is 0 Å². The van der Waals surface area contributed by atoms with E-state index in [1.165, 1.54) is 19.3 Å². The number of rotatable bonds is 6. The van der Waals surface area contributed by atoms with E-state index in [2.05, 4.69) is 34.1 Å². The number of halogens is 2. The molecule has 0 radical (unpaired) electrons. The highest BCUT2D eigenvalue weighted by atomic mass is 35.5. The Morgan fingerprint density at radius 2 is 1.75 bits per heavy atom. The van der Waals surface area contributed by atoms with Gasteiger partial charge in [0.2, 0.25) is 16.5 Å². The van der Waals surface area contributed by atoms with Gasteiger partial charge in [0, 0.05) is 6.04 Å². The zero-order valence-corrected chi connectivity index (χ0v) is 11.0. The molecule has 1 N–H and O–H groups in total. The highest BCUT2D eigenvalue weighted by molar-refractivity contribution is 6.31. The van der Waals surface area contributed by atoms with Gasteiger partial charge < -0.3 is 5.32 Å². The smallest absolute Gasteiger partial charge is 0.228 e. The fourth-order valence-electron chi connectivity index (χ4n) is 1.38. The molecule has 16 heavy (non-hydrogen) atoms. The van der Waals surface area contributed by atoms with Crippen molar-refractivity contribution in [1.29, 1.82) is 0 Å². The third kappa shape index (κ3) is 4.94. The van der Waals surface area contributed by atoms with E-state index >= 15 is 0 Å². The Balaban J connectivity index is 2.45. The van der Waals surface area contributed by atoms with Gasteiger partial charge >= 0.3 is 0 Å². The molecular formula is C10H16Cl2N4. The van der Waals surface area contributed by atoms with Crippen molar-refractivity contribution in [1.82, 2.24) is 15.0 Å². The minimum absolute atomic E-state index is 0.114. The Hall–Kier alpha value is -0.610. The SMILES string of the molecule is CCCCCC(C)Nc1nc(Cl)nc(Cl)n1. The van der Waals surface area contributed by atoms with Crippen LogP contribution in [0.25, 0.3) is 0 Å². The lowest BCUT2D eigenvalue weighted by molar-refractivity contribution is 0.611. The number of anilines is 1. The van der Waals surface area contributed by atoms with Crippen molar-refractivity contribution in [2.24, 2.45) is 0 Å². The maximum atomic E-state index is 5.67. The fourth-order valence-corrected chi connectivity index (χ4v) is 1.75. The Bertz CT molecular complexity index is 312. The molecule has 90 valence electrons. The van der Waals surface area contributed by atoms with E-state index in [-0.39, 0.29) is 10.6 Å². The molecule has 0 bridgehead atoms. The van der Waals surface area contributed by atoms with Gasteiger partial charge in [0.15, 0.2) is 0 Å². The normalized spacial score (nSPS) is 12.5. The van der Waals surface area contributed by atoms with Gasteiger partial charge in [-0.25, -0.2) is 0 Å². The summed E-state index contributed by atoms with van der Waals surface area (Å²) in [6.07, 6.45) is 4.73. The second-order valence-electron chi connectivity index (χ2n) is 3.74. The standard InChI is InChI=1S/C10H16Cl2N4/c1-3-4-5-6-7(2)13-10-15-8(11)14-9(12)16-10/h7H,3-6H2,1-2H3,(H,13,14,15,16). The number of aromatic nitrogens is 3. The summed E-state index contributed by atoms with van der Waals surface area (Å²) in [4.78, 5) is 11.6. The minimum atomic E-state index is 0.114. The molecule has 1 unspecified atom stereocenters. The first-order valence-electron chi connectivity index (χ1n) is 5.45. The lowest BCUT2D eigenvalue weighted by Gasteiger charge is -2.13. The van der Waals surface area contributed by atoms with Gasteiger partial charge in [-0.05, 0) is 36.5 Å². The summed E-state index contributed by atoms with van der Waals surface area (Å²) >= 11 is 11.3. The molecule has 0 saturated carbocycles. The van der Waals surface area contributed by atoms with Gasteiger partial charge in [-0.3, -0.25) is 0 Å². The van der Waals surface area contributed by atoms with E-state index in [4.69, 9.17) is 23.2 Å². The predicted octanol–water partition coefficient (Wildman–Crippen LogP) is 3.56. The summed E-state index contributed by atoms with van der Waals surface area (Å²) in [5.74, 6) is 0.439. The predicted molar refractivity (Wildman–Crippen MR) is 67.1 cm³/mol. The van der Waals surface area contributed by atoms with Crippen LogP contribution in [0.5, 0.6) is 0 Å². The van der Waals surface area contributed by atoms with Gasteiger partial charge in [0.05, 0.1) is 0 Å². The van der Waals surface area contributed by atoms with Crippen molar-refractivity contribution < 1.29 is 0 Å². The molecule has 1 aromatic heterocycles. The highest BCUT2D eigenvalue weighted by Crippen LogP contribution is 2.12. The first-order chi connectivity index (χ1) is 7.61. The van der Waals surface area contributed by atoms with E-state index < -0.39 is 0 Å². The van der Waals surface area contributed by atoms with Crippen molar-refractivity contribution in [3.8, 4) is 0 Å². The monoisotopic (exact) mass is 262 g/mol. The zero-order chi connectivity index (χ0) is 12.0. The van der Waals surface area contributed by atoms with Crippen LogP contribution in [0.3, 0.4) is 0 Å². The molecule has 1 rings (SSSR count). The van der Waals surface area contributed by atoms with Crippen LogP contribution in [0.1, 0.15) is 39.5 Å². The Labute approximate surface area is 106 Å². The molecule has 0 fully saturated rings. The maximum absolute atomic E-state index is 5.67. The molecule has 1 heterocycles. The molecule has 0 saturated heterocycles. The largest absolute Gasteiger partial charge is 0.352 e. The Kier molecular flexibility index (Phi) is 5.77. The van der Waals surface area contributed by atoms with Crippen LogP contribution in [-0.2, 0) is 0 Å². The quantitative estimate of drug-likeness (QED) is 0.797. The van der Waals surface area contributed by atoms with Crippen molar-refractivity contribution in [3.05, 3.63) is 10.6 Å². The molecule has 0 aliphatic carbocycles. The summed E-state index contributed by atoms with van der Waals surface area (Å²) in [5.41, 5.74) is 0. The van der Waals surface area contributed by atoms with Crippen molar-refractivity contribution >= 4 is 29.2 Å². The molecule has 1 aromatic rings. The number of unbranched alkanes of at least 4 members (excludes halogenated alkanes) is 2. The van der Waals surface area contributed by atoms with Crippen LogP contribution in [-0.4, -0.2) is 21.0 Å². The van der Waals surface area contributed by atoms with Crippen LogP contribution in [0.15, 0.2) is 0 Å². The van der Waals surface area contributed by atoms with E-state index in [0.717, 1.165) is 6.42 Å². The fraction of sp³-hybridized carbons (Fsp3) is 0.700. The Morgan fingerprint density at radius 3 is 2.31 bits per heavy atom. The van der Waals surface area contributed by atoms with Gasteiger partial charge in [0.1, 0.15) is 0 Å². The first-order valence-corrected chi connectivity index (χ1v) is 6.21. The average Bonchev–Trinajstić information content (AvgIpc) is 2.16. The topological polar surface area (TPSA) is 50.7 Å². The maximum Gasteiger partial charge on any atom is 0.228 e. The summed E-state index contributed by atoms with van der Waals surface area (Å²) in [5, 5.41) is 3.38. The minimum Gasteiger partial charge on any atom is -0.352 e. The summed E-state index contributed by atoms with van der Waals surface area (Å²) in [7, 11) is 0. The van der Waals surface area contributed by atoms with Crippen LogP contribution >= 0.6 is 23.2 Å². The molecule has 4 nitrogen and oxygen atoms in total. The molecule has 0 aliphatic rings. The number of hydrogen-bond acceptors (Lipinski definition) is 4. The second-order valence-corrected chi connectivity index (χ2v) is 4.41. The molecule has 0 spiro atoms. The molecule has 0 aliphatic heterocycles. The van der Waals surface area contributed by atoms with E-state index in [9.17, 15) is 0 Å². The average molecular weight is 263 g/mol. The van der Waals surface area contributed by atoms with Crippen LogP contribution in [0, 0.1) is 0 Å². The third-order valence-electron chi connectivity index (χ3n) is 2.20. The van der Waals surface area contributed by atoms with Gasteiger partial charge in [0.25, 0.3) is 0 Å².